The van der Waals surface area contributed by atoms with Crippen LogP contribution < -0.4 is 11.1 Å². The third kappa shape index (κ3) is 2.36. The Balaban J connectivity index is 1.88. The van der Waals surface area contributed by atoms with E-state index in [1.54, 1.807) is 6.20 Å². The van der Waals surface area contributed by atoms with Crippen LogP contribution in [0.2, 0.25) is 0 Å². The molecule has 0 amide bonds. The van der Waals surface area contributed by atoms with Crippen LogP contribution in [0.15, 0.2) is 60.9 Å². The molecule has 0 aliphatic heterocycles. The number of anilines is 2. The third-order valence-electron chi connectivity index (χ3n) is 3.21. The van der Waals surface area contributed by atoms with Gasteiger partial charge in [-0.25, -0.2) is 0 Å². The van der Waals surface area contributed by atoms with Crippen molar-refractivity contribution in [3.05, 3.63) is 66.5 Å². The standard InChI is InChI=1S/C16H15N3/c17-15-6-2-1-4-13(15)10-19-16-7-3-5-12-8-9-18-11-14(12)16/h1-9,11,19H,10,17H2. The number of nitrogen functional groups attached to an aromatic ring is 1. The maximum absolute atomic E-state index is 5.95. The molecule has 3 nitrogen and oxygen atoms in total. The number of aromatic nitrogens is 1. The molecule has 0 saturated heterocycles. The number of para-hydroxylation sites is 1. The number of nitrogens with one attached hydrogen (secondary N) is 1. The molecule has 1 aromatic heterocycles. The summed E-state index contributed by atoms with van der Waals surface area (Å²) in [5, 5.41) is 5.73. The summed E-state index contributed by atoms with van der Waals surface area (Å²) in [6.45, 7) is 0.709. The lowest BCUT2D eigenvalue weighted by atomic mass is 10.1. The average molecular weight is 249 g/mol. The Morgan fingerprint density at radius 1 is 1.00 bits per heavy atom. The summed E-state index contributed by atoms with van der Waals surface area (Å²) < 4.78 is 0. The van der Waals surface area contributed by atoms with Gasteiger partial charge in [-0.1, -0.05) is 30.3 Å². The van der Waals surface area contributed by atoms with E-state index in [4.69, 9.17) is 5.73 Å². The van der Waals surface area contributed by atoms with E-state index < -0.39 is 0 Å². The molecule has 0 aliphatic rings. The first-order valence-electron chi connectivity index (χ1n) is 6.24. The summed E-state index contributed by atoms with van der Waals surface area (Å²) in [6, 6.07) is 16.1. The van der Waals surface area contributed by atoms with Crippen molar-refractivity contribution < 1.29 is 0 Å². The number of benzene rings is 2. The highest BCUT2D eigenvalue weighted by Crippen LogP contribution is 2.23. The van der Waals surface area contributed by atoms with Crippen LogP contribution in [0.25, 0.3) is 10.8 Å². The van der Waals surface area contributed by atoms with Gasteiger partial charge in [0.05, 0.1) is 0 Å². The molecule has 0 spiro atoms. The van der Waals surface area contributed by atoms with Crippen LogP contribution in [0.4, 0.5) is 11.4 Å². The van der Waals surface area contributed by atoms with Crippen molar-refractivity contribution in [2.75, 3.05) is 11.1 Å². The molecule has 1 heterocycles. The van der Waals surface area contributed by atoms with Crippen molar-refractivity contribution in [1.82, 2.24) is 4.98 Å². The van der Waals surface area contributed by atoms with Crippen LogP contribution >= 0.6 is 0 Å². The number of hydrogen-bond acceptors (Lipinski definition) is 3. The van der Waals surface area contributed by atoms with Crippen molar-refractivity contribution in [3.63, 3.8) is 0 Å². The zero-order chi connectivity index (χ0) is 13.1. The van der Waals surface area contributed by atoms with Gasteiger partial charge in [0.15, 0.2) is 0 Å². The van der Waals surface area contributed by atoms with Gasteiger partial charge in [-0.2, -0.15) is 0 Å². The van der Waals surface area contributed by atoms with Crippen molar-refractivity contribution in [2.24, 2.45) is 0 Å². The Morgan fingerprint density at radius 2 is 1.89 bits per heavy atom. The molecular weight excluding hydrogens is 234 g/mol. The summed E-state index contributed by atoms with van der Waals surface area (Å²) in [6.07, 6.45) is 3.69. The van der Waals surface area contributed by atoms with Crippen LogP contribution in [0, 0.1) is 0 Å². The van der Waals surface area contributed by atoms with Gasteiger partial charge in [0.1, 0.15) is 0 Å². The van der Waals surface area contributed by atoms with E-state index in [1.807, 2.05) is 42.6 Å². The van der Waals surface area contributed by atoms with Gasteiger partial charge < -0.3 is 11.1 Å². The molecule has 0 atom stereocenters. The van der Waals surface area contributed by atoms with E-state index >= 15 is 0 Å². The number of hydrogen-bond donors (Lipinski definition) is 2. The SMILES string of the molecule is Nc1ccccc1CNc1cccc2ccncc12. The van der Waals surface area contributed by atoms with Gasteiger partial charge in [-0.05, 0) is 29.1 Å². The first kappa shape index (κ1) is 11.5. The fourth-order valence-corrected chi connectivity index (χ4v) is 2.15. The maximum atomic E-state index is 5.95. The number of nitrogens with two attached hydrogens (primary N) is 1. The molecule has 0 saturated carbocycles. The topological polar surface area (TPSA) is 50.9 Å². The lowest BCUT2D eigenvalue weighted by molar-refractivity contribution is 1.16. The quantitative estimate of drug-likeness (QED) is 0.699. The first-order valence-corrected chi connectivity index (χ1v) is 6.24. The molecule has 0 aliphatic carbocycles. The van der Waals surface area contributed by atoms with Gasteiger partial charge in [-0.15, -0.1) is 0 Å². The third-order valence-corrected chi connectivity index (χ3v) is 3.21. The zero-order valence-corrected chi connectivity index (χ0v) is 10.5. The van der Waals surface area contributed by atoms with E-state index in [0.29, 0.717) is 6.54 Å². The summed E-state index contributed by atoms with van der Waals surface area (Å²) >= 11 is 0. The average Bonchev–Trinajstić information content (AvgIpc) is 2.46. The summed E-state index contributed by atoms with van der Waals surface area (Å²) in [7, 11) is 0. The van der Waals surface area contributed by atoms with E-state index in [9.17, 15) is 0 Å². The van der Waals surface area contributed by atoms with Crippen molar-refractivity contribution in [3.8, 4) is 0 Å². The lowest BCUT2D eigenvalue weighted by Crippen LogP contribution is -2.03. The van der Waals surface area contributed by atoms with Gasteiger partial charge in [0.25, 0.3) is 0 Å². The van der Waals surface area contributed by atoms with Crippen LogP contribution in [-0.2, 0) is 6.54 Å². The van der Waals surface area contributed by atoms with Gasteiger partial charge >= 0.3 is 0 Å². The molecule has 3 heteroatoms. The fraction of sp³-hybridized carbons (Fsp3) is 0.0625. The number of pyridine rings is 1. The van der Waals surface area contributed by atoms with Crippen LogP contribution in [0.3, 0.4) is 0 Å². The summed E-state index contributed by atoms with van der Waals surface area (Å²) in [5.74, 6) is 0. The fourth-order valence-electron chi connectivity index (χ4n) is 2.15. The second kappa shape index (κ2) is 4.98. The normalized spacial score (nSPS) is 10.5. The first-order chi connectivity index (χ1) is 9.34. The molecule has 19 heavy (non-hydrogen) atoms. The van der Waals surface area contributed by atoms with E-state index in [1.165, 1.54) is 5.39 Å². The van der Waals surface area contributed by atoms with Gasteiger partial charge in [-0.3, -0.25) is 4.98 Å². The summed E-state index contributed by atoms with van der Waals surface area (Å²) in [5.41, 5.74) is 8.94. The molecule has 3 aromatic rings. The Kier molecular flexibility index (Phi) is 3.02. The zero-order valence-electron chi connectivity index (χ0n) is 10.5. The van der Waals surface area contributed by atoms with Crippen LogP contribution in [-0.4, -0.2) is 4.98 Å². The largest absolute Gasteiger partial charge is 0.398 e. The highest BCUT2D eigenvalue weighted by molar-refractivity contribution is 5.93. The van der Waals surface area contributed by atoms with Gasteiger partial charge in [0.2, 0.25) is 0 Å². The van der Waals surface area contributed by atoms with Crippen molar-refractivity contribution in [1.29, 1.82) is 0 Å². The molecule has 0 bridgehead atoms. The van der Waals surface area contributed by atoms with Crippen molar-refractivity contribution in [2.45, 2.75) is 6.54 Å². The molecule has 3 N–H and O–H groups in total. The maximum Gasteiger partial charge on any atom is 0.0438 e. The summed E-state index contributed by atoms with van der Waals surface area (Å²) in [4.78, 5) is 4.18. The second-order valence-corrected chi connectivity index (χ2v) is 4.45. The predicted molar refractivity (Wildman–Crippen MR) is 79.9 cm³/mol. The van der Waals surface area contributed by atoms with Gasteiger partial charge in [0, 0.05) is 35.7 Å². The number of fused-ring (bicyclic) bond motifs is 1. The van der Waals surface area contributed by atoms with Crippen LogP contribution in [0.1, 0.15) is 5.56 Å². The Labute approximate surface area is 112 Å². The molecule has 94 valence electrons. The molecule has 0 fully saturated rings. The smallest absolute Gasteiger partial charge is 0.0438 e. The Hall–Kier alpha value is -2.55. The van der Waals surface area contributed by atoms with Crippen molar-refractivity contribution >= 4 is 22.1 Å². The molecule has 3 rings (SSSR count). The highest BCUT2D eigenvalue weighted by Gasteiger charge is 2.01. The monoisotopic (exact) mass is 249 g/mol. The highest BCUT2D eigenvalue weighted by atomic mass is 14.9. The lowest BCUT2D eigenvalue weighted by Gasteiger charge is -2.11. The molecular formula is C16H15N3. The Morgan fingerprint density at radius 3 is 2.79 bits per heavy atom. The van der Waals surface area contributed by atoms with E-state index in [0.717, 1.165) is 22.3 Å². The minimum absolute atomic E-state index is 0.709. The second-order valence-electron chi connectivity index (χ2n) is 4.45. The number of nitrogens with zero attached hydrogens (tertiary/aromatic N) is 1. The minimum Gasteiger partial charge on any atom is -0.398 e. The van der Waals surface area contributed by atoms with E-state index in [-0.39, 0.29) is 0 Å². The van der Waals surface area contributed by atoms with E-state index in [2.05, 4.69) is 22.4 Å². The predicted octanol–water partition coefficient (Wildman–Crippen LogP) is 3.43. The van der Waals surface area contributed by atoms with Crippen LogP contribution in [0.5, 0.6) is 0 Å². The molecule has 2 aromatic carbocycles. The Bertz CT molecular complexity index is 702. The minimum atomic E-state index is 0.709. The molecule has 0 radical (unpaired) electrons. The number of rotatable bonds is 3. The molecule has 0 unspecified atom stereocenters.